The fraction of sp³-hybridized carbons (Fsp3) is 0.286. The molecule has 1 aromatic heterocycles. The zero-order valence-electron chi connectivity index (χ0n) is 6.30. The predicted octanol–water partition coefficient (Wildman–Crippen LogP) is 2.05. The van der Waals surface area contributed by atoms with Crippen molar-refractivity contribution >= 4 is 39.8 Å². The molecule has 0 aliphatic rings. The number of halogens is 1. The molecule has 0 aromatic carbocycles. The van der Waals surface area contributed by atoms with E-state index < -0.39 is 0 Å². The van der Waals surface area contributed by atoms with Gasteiger partial charge in [-0.15, -0.1) is 11.3 Å². The SMILES string of the molecule is CN(C)C(=O)c1csc(I)c1. The first kappa shape index (κ1) is 8.99. The second-order valence-electron chi connectivity index (χ2n) is 2.34. The van der Waals surface area contributed by atoms with Gasteiger partial charge in [-0.25, -0.2) is 0 Å². The lowest BCUT2D eigenvalue weighted by atomic mass is 10.3. The lowest BCUT2D eigenvalue weighted by molar-refractivity contribution is 0.0828. The zero-order valence-corrected chi connectivity index (χ0v) is 9.27. The van der Waals surface area contributed by atoms with Gasteiger partial charge in [-0.1, -0.05) is 0 Å². The fourth-order valence-corrected chi connectivity index (χ4v) is 2.00. The summed E-state index contributed by atoms with van der Waals surface area (Å²) in [6.45, 7) is 0. The molecule has 0 saturated carbocycles. The molecule has 0 saturated heterocycles. The Morgan fingerprint density at radius 3 is 2.64 bits per heavy atom. The minimum absolute atomic E-state index is 0.0733. The van der Waals surface area contributed by atoms with Crippen molar-refractivity contribution in [2.24, 2.45) is 0 Å². The molecule has 11 heavy (non-hydrogen) atoms. The van der Waals surface area contributed by atoms with Crippen LogP contribution in [0.1, 0.15) is 10.4 Å². The van der Waals surface area contributed by atoms with E-state index in [1.165, 1.54) is 0 Å². The van der Waals surface area contributed by atoms with Crippen LogP contribution in [0.3, 0.4) is 0 Å². The summed E-state index contributed by atoms with van der Waals surface area (Å²) in [5.41, 5.74) is 0.782. The molecule has 0 fully saturated rings. The van der Waals surface area contributed by atoms with Crippen LogP contribution in [-0.2, 0) is 0 Å². The van der Waals surface area contributed by atoms with Crippen LogP contribution in [0.4, 0.5) is 0 Å². The zero-order chi connectivity index (χ0) is 8.43. The van der Waals surface area contributed by atoms with Gasteiger partial charge >= 0.3 is 0 Å². The maximum Gasteiger partial charge on any atom is 0.254 e. The van der Waals surface area contributed by atoms with E-state index in [-0.39, 0.29) is 5.91 Å². The standard InChI is InChI=1S/C7H8INOS/c1-9(2)7(10)5-3-6(8)11-4-5/h3-4H,1-2H3. The summed E-state index contributed by atoms with van der Waals surface area (Å²) >= 11 is 3.79. The molecule has 1 heterocycles. The van der Waals surface area contributed by atoms with Crippen molar-refractivity contribution in [3.8, 4) is 0 Å². The third-order valence-electron chi connectivity index (χ3n) is 1.22. The van der Waals surface area contributed by atoms with Gasteiger partial charge in [0.2, 0.25) is 0 Å². The van der Waals surface area contributed by atoms with Crippen LogP contribution in [0, 0.1) is 2.88 Å². The molecule has 0 aliphatic carbocycles. The van der Waals surface area contributed by atoms with Gasteiger partial charge in [0, 0.05) is 19.5 Å². The summed E-state index contributed by atoms with van der Waals surface area (Å²) in [7, 11) is 3.51. The highest BCUT2D eigenvalue weighted by Crippen LogP contribution is 2.17. The van der Waals surface area contributed by atoms with Crippen LogP contribution in [0.25, 0.3) is 0 Å². The molecule has 0 radical (unpaired) electrons. The predicted molar refractivity (Wildman–Crippen MR) is 55.1 cm³/mol. The number of carbonyl (C=O) groups is 1. The van der Waals surface area contributed by atoms with Crippen LogP contribution in [0.5, 0.6) is 0 Å². The molecule has 60 valence electrons. The number of carbonyl (C=O) groups excluding carboxylic acids is 1. The van der Waals surface area contributed by atoms with Crippen molar-refractivity contribution in [1.82, 2.24) is 4.90 Å². The summed E-state index contributed by atoms with van der Waals surface area (Å²) in [6, 6.07) is 1.90. The van der Waals surface area contributed by atoms with Crippen LogP contribution in [-0.4, -0.2) is 24.9 Å². The van der Waals surface area contributed by atoms with Crippen molar-refractivity contribution in [3.63, 3.8) is 0 Å². The van der Waals surface area contributed by atoms with Crippen molar-refractivity contribution in [2.45, 2.75) is 0 Å². The van der Waals surface area contributed by atoms with E-state index in [1.807, 2.05) is 11.4 Å². The van der Waals surface area contributed by atoms with E-state index in [0.29, 0.717) is 0 Å². The smallest absolute Gasteiger partial charge is 0.254 e. The quantitative estimate of drug-likeness (QED) is 0.721. The highest BCUT2D eigenvalue weighted by atomic mass is 127. The van der Waals surface area contributed by atoms with Crippen LogP contribution in [0.15, 0.2) is 11.4 Å². The largest absolute Gasteiger partial charge is 0.345 e. The minimum atomic E-state index is 0.0733. The first-order valence-electron chi connectivity index (χ1n) is 3.07. The second kappa shape index (κ2) is 3.53. The van der Waals surface area contributed by atoms with E-state index in [9.17, 15) is 4.79 Å². The topological polar surface area (TPSA) is 20.3 Å². The Morgan fingerprint density at radius 1 is 1.64 bits per heavy atom. The number of hydrogen-bond acceptors (Lipinski definition) is 2. The Morgan fingerprint density at radius 2 is 2.27 bits per heavy atom. The highest BCUT2D eigenvalue weighted by molar-refractivity contribution is 14.1. The molecule has 0 atom stereocenters. The van der Waals surface area contributed by atoms with Gasteiger partial charge in [0.25, 0.3) is 5.91 Å². The molecule has 1 aromatic rings. The maximum atomic E-state index is 11.3. The van der Waals surface area contributed by atoms with E-state index in [0.717, 1.165) is 8.45 Å². The first-order valence-corrected chi connectivity index (χ1v) is 5.03. The lowest BCUT2D eigenvalue weighted by Crippen LogP contribution is -2.20. The van der Waals surface area contributed by atoms with Crippen LogP contribution in [0.2, 0.25) is 0 Å². The number of hydrogen-bond donors (Lipinski definition) is 0. The molecule has 4 heteroatoms. The molecule has 0 spiro atoms. The molecule has 0 bridgehead atoms. The second-order valence-corrected chi connectivity index (χ2v) is 5.14. The van der Waals surface area contributed by atoms with Crippen molar-refractivity contribution < 1.29 is 4.79 Å². The van der Waals surface area contributed by atoms with E-state index in [2.05, 4.69) is 22.6 Å². The molecular weight excluding hydrogens is 273 g/mol. The van der Waals surface area contributed by atoms with Gasteiger partial charge < -0.3 is 4.90 Å². The van der Waals surface area contributed by atoms with E-state index in [4.69, 9.17) is 0 Å². The molecular formula is C7H8INOS. The van der Waals surface area contributed by atoms with Gasteiger partial charge in [0.15, 0.2) is 0 Å². The van der Waals surface area contributed by atoms with Gasteiger partial charge in [-0.2, -0.15) is 0 Å². The van der Waals surface area contributed by atoms with E-state index >= 15 is 0 Å². The minimum Gasteiger partial charge on any atom is -0.345 e. The van der Waals surface area contributed by atoms with Gasteiger partial charge in [0.05, 0.1) is 8.45 Å². The van der Waals surface area contributed by atoms with Crippen molar-refractivity contribution in [2.75, 3.05) is 14.1 Å². The number of rotatable bonds is 1. The summed E-state index contributed by atoms with van der Waals surface area (Å²) < 4.78 is 1.15. The summed E-state index contributed by atoms with van der Waals surface area (Å²) in [6.07, 6.45) is 0. The van der Waals surface area contributed by atoms with Gasteiger partial charge in [-0.05, 0) is 28.7 Å². The number of thiophene rings is 1. The normalized spacial score (nSPS) is 9.73. The molecule has 0 unspecified atom stereocenters. The van der Waals surface area contributed by atoms with E-state index in [1.54, 1.807) is 30.3 Å². The third-order valence-corrected chi connectivity index (χ3v) is 3.01. The summed E-state index contributed by atoms with van der Waals surface area (Å²) in [4.78, 5) is 12.9. The monoisotopic (exact) mass is 281 g/mol. The van der Waals surface area contributed by atoms with Crippen molar-refractivity contribution in [3.05, 3.63) is 19.9 Å². The molecule has 1 rings (SSSR count). The Balaban J connectivity index is 2.85. The molecule has 0 N–H and O–H groups in total. The fourth-order valence-electron chi connectivity index (χ4n) is 0.680. The Bertz CT molecular complexity index is 269. The van der Waals surface area contributed by atoms with Gasteiger partial charge in [-0.3, -0.25) is 4.79 Å². The van der Waals surface area contributed by atoms with Crippen LogP contribution < -0.4 is 0 Å². The average molecular weight is 281 g/mol. The molecule has 1 amide bonds. The highest BCUT2D eigenvalue weighted by Gasteiger charge is 2.08. The summed E-state index contributed by atoms with van der Waals surface area (Å²) in [5.74, 6) is 0.0733. The Labute approximate surface area is 83.3 Å². The van der Waals surface area contributed by atoms with Gasteiger partial charge in [0.1, 0.15) is 0 Å². The average Bonchev–Trinajstić information content (AvgIpc) is 2.34. The lowest BCUT2D eigenvalue weighted by Gasteiger charge is -2.07. The Kier molecular flexibility index (Phi) is 2.89. The molecule has 0 aliphatic heterocycles. The van der Waals surface area contributed by atoms with Crippen molar-refractivity contribution in [1.29, 1.82) is 0 Å². The summed E-state index contributed by atoms with van der Waals surface area (Å²) in [5, 5.41) is 1.88. The van der Waals surface area contributed by atoms with Crippen LogP contribution >= 0.6 is 33.9 Å². The maximum absolute atomic E-state index is 11.3. The molecule has 2 nitrogen and oxygen atoms in total. The third kappa shape index (κ3) is 2.16. The Hall–Kier alpha value is -0.100. The number of nitrogens with zero attached hydrogens (tertiary/aromatic N) is 1. The first-order chi connectivity index (χ1) is 5.11. The number of amides is 1.